The second-order valence-corrected chi connectivity index (χ2v) is 6.27. The summed E-state index contributed by atoms with van der Waals surface area (Å²) in [7, 11) is 1.25. The predicted molar refractivity (Wildman–Crippen MR) is 87.0 cm³/mol. The number of alkyl halides is 3. The molecule has 0 aliphatic rings. The fraction of sp³-hybridized carbons (Fsp3) is 0.294. The molecule has 0 aliphatic heterocycles. The molecule has 134 valence electrons. The standard InChI is InChI=1S/C17H16F3NO3S/c1-24-16(23)10-13(14-6-3-7-25-14)21-15(22)9-11-4-2-5-12(8-11)17(18,19)20/h2-8,13H,9-10H2,1H3,(H,21,22)/t13-/m0/s1. The van der Waals surface area contributed by atoms with E-state index in [1.807, 2.05) is 0 Å². The first-order chi connectivity index (χ1) is 11.8. The molecule has 0 unspecified atom stereocenters. The van der Waals surface area contributed by atoms with Crippen molar-refractivity contribution in [3.05, 3.63) is 57.8 Å². The molecule has 8 heteroatoms. The Kier molecular flexibility index (Phi) is 6.19. The van der Waals surface area contributed by atoms with Gasteiger partial charge in [0.25, 0.3) is 0 Å². The molecule has 1 aromatic heterocycles. The van der Waals surface area contributed by atoms with Crippen molar-refractivity contribution in [1.82, 2.24) is 5.32 Å². The molecule has 1 atom stereocenters. The maximum Gasteiger partial charge on any atom is 0.416 e. The third kappa shape index (κ3) is 5.60. The Morgan fingerprint density at radius 2 is 2.00 bits per heavy atom. The molecule has 0 bridgehead atoms. The molecule has 1 amide bonds. The number of carbonyl (C=O) groups excluding carboxylic acids is 2. The largest absolute Gasteiger partial charge is 0.469 e. The minimum absolute atomic E-state index is 0.0503. The van der Waals surface area contributed by atoms with Crippen molar-refractivity contribution >= 4 is 23.2 Å². The van der Waals surface area contributed by atoms with E-state index in [0.29, 0.717) is 0 Å². The summed E-state index contributed by atoms with van der Waals surface area (Å²) in [6.45, 7) is 0. The first-order valence-corrected chi connectivity index (χ1v) is 8.23. The molecule has 1 aromatic carbocycles. The quantitative estimate of drug-likeness (QED) is 0.788. The zero-order valence-corrected chi connectivity index (χ0v) is 14.1. The Morgan fingerprint density at radius 1 is 1.24 bits per heavy atom. The molecule has 4 nitrogen and oxygen atoms in total. The van der Waals surface area contributed by atoms with E-state index in [1.165, 1.54) is 30.6 Å². The highest BCUT2D eigenvalue weighted by Crippen LogP contribution is 2.29. The number of thiophene rings is 1. The molecule has 0 spiro atoms. The van der Waals surface area contributed by atoms with Gasteiger partial charge in [-0.1, -0.05) is 24.3 Å². The number of rotatable bonds is 6. The van der Waals surface area contributed by atoms with Crippen LogP contribution in [-0.4, -0.2) is 19.0 Å². The molecular weight excluding hydrogens is 355 g/mol. The highest BCUT2D eigenvalue weighted by atomic mass is 32.1. The molecule has 2 rings (SSSR count). The number of amides is 1. The minimum atomic E-state index is -4.46. The average Bonchev–Trinajstić information content (AvgIpc) is 3.08. The van der Waals surface area contributed by atoms with Crippen LogP contribution in [0, 0.1) is 0 Å². The topological polar surface area (TPSA) is 55.4 Å². The van der Waals surface area contributed by atoms with Crippen LogP contribution in [0.3, 0.4) is 0 Å². The number of carbonyl (C=O) groups is 2. The van der Waals surface area contributed by atoms with E-state index in [2.05, 4.69) is 10.1 Å². The smallest absolute Gasteiger partial charge is 0.416 e. The first kappa shape index (κ1) is 19.0. The Morgan fingerprint density at radius 3 is 2.60 bits per heavy atom. The lowest BCUT2D eigenvalue weighted by Gasteiger charge is -2.16. The van der Waals surface area contributed by atoms with Crippen LogP contribution in [-0.2, 0) is 26.9 Å². The summed E-state index contributed by atoms with van der Waals surface area (Å²) in [5.41, 5.74) is -0.558. The zero-order chi connectivity index (χ0) is 18.4. The number of hydrogen-bond acceptors (Lipinski definition) is 4. The first-order valence-electron chi connectivity index (χ1n) is 7.35. The van der Waals surface area contributed by atoms with E-state index in [0.717, 1.165) is 17.0 Å². The minimum Gasteiger partial charge on any atom is -0.469 e. The fourth-order valence-corrected chi connectivity index (χ4v) is 3.03. The van der Waals surface area contributed by atoms with Crippen molar-refractivity contribution in [2.24, 2.45) is 0 Å². The summed E-state index contributed by atoms with van der Waals surface area (Å²) < 4.78 is 42.8. The number of benzene rings is 1. The Bertz CT molecular complexity index is 729. The molecule has 25 heavy (non-hydrogen) atoms. The second kappa shape index (κ2) is 8.15. The SMILES string of the molecule is COC(=O)C[C@H](NC(=O)Cc1cccc(C(F)(F)F)c1)c1cccs1. The van der Waals surface area contributed by atoms with Crippen LogP contribution in [0.5, 0.6) is 0 Å². The molecular formula is C17H16F3NO3S. The van der Waals surface area contributed by atoms with Crippen molar-refractivity contribution in [2.75, 3.05) is 7.11 Å². The molecule has 0 fully saturated rings. The lowest BCUT2D eigenvalue weighted by Crippen LogP contribution is -2.31. The molecule has 1 N–H and O–H groups in total. The van der Waals surface area contributed by atoms with Gasteiger partial charge in [0.05, 0.1) is 31.6 Å². The summed E-state index contributed by atoms with van der Waals surface area (Å²) in [5.74, 6) is -0.959. The van der Waals surface area contributed by atoms with E-state index < -0.39 is 29.7 Å². The van der Waals surface area contributed by atoms with E-state index in [4.69, 9.17) is 0 Å². The average molecular weight is 371 g/mol. The molecule has 0 radical (unpaired) electrons. The van der Waals surface area contributed by atoms with E-state index in [1.54, 1.807) is 17.5 Å². The van der Waals surface area contributed by atoms with E-state index in [-0.39, 0.29) is 18.4 Å². The van der Waals surface area contributed by atoms with Crippen LogP contribution in [0.4, 0.5) is 13.2 Å². The number of hydrogen-bond donors (Lipinski definition) is 1. The summed E-state index contributed by atoms with van der Waals surface area (Å²) in [5, 5.41) is 4.48. The third-order valence-electron chi connectivity index (χ3n) is 3.44. The number of ether oxygens (including phenoxy) is 1. The molecule has 1 heterocycles. The van der Waals surface area contributed by atoms with Crippen molar-refractivity contribution < 1.29 is 27.5 Å². The van der Waals surface area contributed by atoms with E-state index in [9.17, 15) is 22.8 Å². The Balaban J connectivity index is 2.07. The van der Waals surface area contributed by atoms with Crippen LogP contribution >= 0.6 is 11.3 Å². The highest BCUT2D eigenvalue weighted by molar-refractivity contribution is 7.10. The van der Waals surface area contributed by atoms with Crippen molar-refractivity contribution in [2.45, 2.75) is 25.1 Å². The van der Waals surface area contributed by atoms with Crippen molar-refractivity contribution in [3.8, 4) is 0 Å². The highest BCUT2D eigenvalue weighted by Gasteiger charge is 2.30. The van der Waals surface area contributed by atoms with Gasteiger partial charge >= 0.3 is 12.1 Å². The summed E-state index contributed by atoms with van der Waals surface area (Å²) in [6.07, 6.45) is -4.73. The van der Waals surface area contributed by atoms with E-state index >= 15 is 0 Å². The van der Waals surface area contributed by atoms with Gasteiger partial charge in [-0.3, -0.25) is 9.59 Å². The van der Waals surface area contributed by atoms with Gasteiger partial charge in [0.2, 0.25) is 5.91 Å². The zero-order valence-electron chi connectivity index (χ0n) is 13.3. The lowest BCUT2D eigenvalue weighted by atomic mass is 10.1. The third-order valence-corrected chi connectivity index (χ3v) is 4.43. The van der Waals surface area contributed by atoms with Gasteiger partial charge in [-0.2, -0.15) is 13.2 Å². The van der Waals surface area contributed by atoms with Crippen molar-refractivity contribution in [3.63, 3.8) is 0 Å². The fourth-order valence-electron chi connectivity index (χ4n) is 2.25. The second-order valence-electron chi connectivity index (χ2n) is 5.29. The molecule has 0 aliphatic carbocycles. The molecule has 0 saturated carbocycles. The Hall–Kier alpha value is -2.35. The summed E-state index contributed by atoms with van der Waals surface area (Å²) in [6, 6.07) is 7.58. The predicted octanol–water partition coefficient (Wildman–Crippen LogP) is 3.73. The normalized spacial score (nSPS) is 12.5. The van der Waals surface area contributed by atoms with Crippen LogP contribution in [0.25, 0.3) is 0 Å². The summed E-state index contributed by atoms with van der Waals surface area (Å²) >= 11 is 1.37. The molecule has 2 aromatic rings. The van der Waals surface area contributed by atoms with Gasteiger partial charge in [0.15, 0.2) is 0 Å². The molecule has 0 saturated heterocycles. The lowest BCUT2D eigenvalue weighted by molar-refractivity contribution is -0.141. The Labute approximate surface area is 146 Å². The summed E-state index contributed by atoms with van der Waals surface area (Å²) in [4.78, 5) is 24.5. The number of halogens is 3. The maximum absolute atomic E-state index is 12.7. The monoisotopic (exact) mass is 371 g/mol. The van der Waals surface area contributed by atoms with Gasteiger partial charge in [-0.05, 0) is 23.1 Å². The van der Waals surface area contributed by atoms with Crippen molar-refractivity contribution in [1.29, 1.82) is 0 Å². The number of esters is 1. The van der Waals surface area contributed by atoms with Gasteiger partial charge in [-0.25, -0.2) is 0 Å². The van der Waals surface area contributed by atoms with Crippen LogP contribution in [0.2, 0.25) is 0 Å². The van der Waals surface area contributed by atoms with Gasteiger partial charge in [0.1, 0.15) is 0 Å². The van der Waals surface area contributed by atoms with Crippen LogP contribution < -0.4 is 5.32 Å². The van der Waals surface area contributed by atoms with Crippen LogP contribution in [0.15, 0.2) is 41.8 Å². The van der Waals surface area contributed by atoms with Gasteiger partial charge in [0, 0.05) is 4.88 Å². The number of nitrogens with one attached hydrogen (secondary N) is 1. The van der Waals surface area contributed by atoms with Gasteiger partial charge in [-0.15, -0.1) is 11.3 Å². The number of methoxy groups -OCH3 is 1. The van der Waals surface area contributed by atoms with Crippen LogP contribution in [0.1, 0.15) is 28.5 Å². The maximum atomic E-state index is 12.7. The van der Waals surface area contributed by atoms with Gasteiger partial charge < -0.3 is 10.1 Å².